The van der Waals surface area contributed by atoms with Crippen LogP contribution in [0.2, 0.25) is 0 Å². The monoisotopic (exact) mass is 434 g/mol. The minimum Gasteiger partial charge on any atom is -0.506 e. The van der Waals surface area contributed by atoms with Gasteiger partial charge < -0.3 is 14.8 Å². The third-order valence-electron chi connectivity index (χ3n) is 3.92. The molecule has 0 spiro atoms. The number of amides is 1. The highest BCUT2D eigenvalue weighted by molar-refractivity contribution is 9.10. The number of benzene rings is 1. The number of nitrogens with zero attached hydrogens (tertiary/aromatic N) is 3. The van der Waals surface area contributed by atoms with Crippen LogP contribution in [0.25, 0.3) is 0 Å². The maximum Gasteiger partial charge on any atom is 0.291 e. The first kappa shape index (κ1) is 18.6. The SMILES string of the molecule is Cc1nn(Cc2ccc(C(=O)Nc3cc([N+](=O)[O-])ccc3O)o2)c(C)c1Br. The zero-order valence-electron chi connectivity index (χ0n) is 14.4. The largest absolute Gasteiger partial charge is 0.506 e. The summed E-state index contributed by atoms with van der Waals surface area (Å²) in [4.78, 5) is 22.5. The summed E-state index contributed by atoms with van der Waals surface area (Å²) in [7, 11) is 0. The third kappa shape index (κ3) is 3.85. The second-order valence-electron chi connectivity index (χ2n) is 5.82. The summed E-state index contributed by atoms with van der Waals surface area (Å²) in [5.74, 6) is -0.391. The molecule has 2 aromatic heterocycles. The van der Waals surface area contributed by atoms with Crippen LogP contribution in [0.15, 0.2) is 39.2 Å². The molecule has 0 aliphatic carbocycles. The number of halogens is 1. The van der Waals surface area contributed by atoms with Crippen LogP contribution in [0.4, 0.5) is 11.4 Å². The van der Waals surface area contributed by atoms with Gasteiger partial charge in [0.15, 0.2) is 5.76 Å². The number of phenols is 1. The van der Waals surface area contributed by atoms with Crippen molar-refractivity contribution in [3.8, 4) is 5.75 Å². The van der Waals surface area contributed by atoms with Crippen LogP contribution >= 0.6 is 15.9 Å². The number of furan rings is 1. The number of rotatable bonds is 5. The Morgan fingerprint density at radius 3 is 2.74 bits per heavy atom. The maximum absolute atomic E-state index is 12.3. The van der Waals surface area contributed by atoms with Gasteiger partial charge in [-0.25, -0.2) is 0 Å². The maximum atomic E-state index is 12.3. The molecule has 2 N–H and O–H groups in total. The van der Waals surface area contributed by atoms with E-state index in [-0.39, 0.29) is 22.9 Å². The Kier molecular flexibility index (Phi) is 5.00. The summed E-state index contributed by atoms with van der Waals surface area (Å²) in [5, 5.41) is 27.4. The Morgan fingerprint density at radius 1 is 1.37 bits per heavy atom. The molecule has 0 saturated heterocycles. The van der Waals surface area contributed by atoms with Crippen LogP contribution in [0.5, 0.6) is 5.75 Å². The average Bonchev–Trinajstić information content (AvgIpc) is 3.18. The van der Waals surface area contributed by atoms with E-state index in [9.17, 15) is 20.0 Å². The Bertz CT molecular complexity index is 1040. The van der Waals surface area contributed by atoms with Crippen molar-refractivity contribution in [2.45, 2.75) is 20.4 Å². The molecular weight excluding hydrogens is 420 g/mol. The molecule has 0 saturated carbocycles. The molecule has 0 aliphatic rings. The van der Waals surface area contributed by atoms with Gasteiger partial charge in [-0.2, -0.15) is 5.10 Å². The molecule has 3 rings (SSSR count). The molecule has 10 heteroatoms. The summed E-state index contributed by atoms with van der Waals surface area (Å²) in [5.41, 5.74) is 1.45. The molecular formula is C17H15BrN4O5. The molecule has 140 valence electrons. The van der Waals surface area contributed by atoms with E-state index in [0.29, 0.717) is 12.3 Å². The number of anilines is 1. The molecule has 1 amide bonds. The number of phenolic OH excluding ortho intramolecular Hbond substituents is 1. The number of hydrogen-bond donors (Lipinski definition) is 2. The van der Waals surface area contributed by atoms with Crippen LogP contribution < -0.4 is 5.32 Å². The summed E-state index contributed by atoms with van der Waals surface area (Å²) in [6.45, 7) is 4.12. The van der Waals surface area contributed by atoms with Crippen LogP contribution in [0.3, 0.4) is 0 Å². The Balaban J connectivity index is 1.76. The summed E-state index contributed by atoms with van der Waals surface area (Å²) in [6.07, 6.45) is 0. The molecule has 0 radical (unpaired) electrons. The molecule has 0 unspecified atom stereocenters. The van der Waals surface area contributed by atoms with Gasteiger partial charge >= 0.3 is 0 Å². The van der Waals surface area contributed by atoms with Crippen LogP contribution in [-0.4, -0.2) is 25.7 Å². The first-order valence-electron chi connectivity index (χ1n) is 7.83. The Labute approximate surface area is 161 Å². The number of aryl methyl sites for hydroxylation is 1. The fraction of sp³-hybridized carbons (Fsp3) is 0.176. The number of carbonyl (C=O) groups excluding carboxylic acids is 1. The number of nitro groups is 1. The van der Waals surface area contributed by atoms with Gasteiger partial charge in [0, 0.05) is 12.1 Å². The molecule has 9 nitrogen and oxygen atoms in total. The Morgan fingerprint density at radius 2 is 2.11 bits per heavy atom. The summed E-state index contributed by atoms with van der Waals surface area (Å²) < 4.78 is 8.19. The first-order chi connectivity index (χ1) is 12.8. The lowest BCUT2D eigenvalue weighted by Crippen LogP contribution is -2.11. The van der Waals surface area contributed by atoms with Crippen molar-refractivity contribution in [3.05, 3.63) is 67.8 Å². The van der Waals surface area contributed by atoms with Crippen molar-refractivity contribution in [1.82, 2.24) is 9.78 Å². The number of aromatic hydroxyl groups is 1. The molecule has 1 aromatic carbocycles. The van der Waals surface area contributed by atoms with E-state index in [1.807, 2.05) is 13.8 Å². The number of aromatic nitrogens is 2. The topological polar surface area (TPSA) is 123 Å². The molecule has 0 aliphatic heterocycles. The predicted molar refractivity (Wildman–Crippen MR) is 99.9 cm³/mol. The molecule has 0 atom stereocenters. The lowest BCUT2D eigenvalue weighted by molar-refractivity contribution is -0.384. The number of non-ortho nitro benzene ring substituents is 1. The molecule has 0 fully saturated rings. The fourth-order valence-electron chi connectivity index (χ4n) is 2.48. The van der Waals surface area contributed by atoms with Crippen molar-refractivity contribution in [2.24, 2.45) is 0 Å². The van der Waals surface area contributed by atoms with Crippen molar-refractivity contribution in [2.75, 3.05) is 5.32 Å². The van der Waals surface area contributed by atoms with Gasteiger partial charge in [-0.05, 0) is 48.0 Å². The highest BCUT2D eigenvalue weighted by atomic mass is 79.9. The zero-order chi connectivity index (χ0) is 19.7. The van der Waals surface area contributed by atoms with Crippen LogP contribution in [-0.2, 0) is 6.54 Å². The van der Waals surface area contributed by atoms with Gasteiger partial charge in [0.1, 0.15) is 11.5 Å². The zero-order valence-corrected chi connectivity index (χ0v) is 16.0. The van der Waals surface area contributed by atoms with Gasteiger partial charge in [-0.15, -0.1) is 0 Å². The van der Waals surface area contributed by atoms with Crippen molar-refractivity contribution in [1.29, 1.82) is 0 Å². The first-order valence-corrected chi connectivity index (χ1v) is 8.62. The number of nitrogens with one attached hydrogen (secondary N) is 1. The Hall–Kier alpha value is -3.14. The van der Waals surface area contributed by atoms with Gasteiger partial charge in [-0.1, -0.05) is 0 Å². The molecule has 2 heterocycles. The third-order valence-corrected chi connectivity index (χ3v) is 5.07. The summed E-state index contributed by atoms with van der Waals surface area (Å²) >= 11 is 3.45. The number of nitro benzene ring substituents is 1. The van der Waals surface area contributed by atoms with E-state index in [4.69, 9.17) is 4.42 Å². The van der Waals surface area contributed by atoms with E-state index in [1.165, 1.54) is 6.07 Å². The van der Waals surface area contributed by atoms with Gasteiger partial charge in [-0.3, -0.25) is 19.6 Å². The number of hydrogen-bond acceptors (Lipinski definition) is 6. The highest BCUT2D eigenvalue weighted by Gasteiger charge is 2.17. The lowest BCUT2D eigenvalue weighted by Gasteiger charge is -2.06. The predicted octanol–water partition coefficient (Wildman–Crippen LogP) is 3.77. The number of carbonyl (C=O) groups is 1. The smallest absolute Gasteiger partial charge is 0.291 e. The van der Waals surface area contributed by atoms with Crippen LogP contribution in [0, 0.1) is 24.0 Å². The van der Waals surface area contributed by atoms with E-state index in [2.05, 4.69) is 26.3 Å². The fourth-order valence-corrected chi connectivity index (χ4v) is 2.77. The van der Waals surface area contributed by atoms with Gasteiger partial charge in [0.05, 0.1) is 33.0 Å². The average molecular weight is 435 g/mol. The van der Waals surface area contributed by atoms with Gasteiger partial charge in [0.2, 0.25) is 0 Å². The highest BCUT2D eigenvalue weighted by Crippen LogP contribution is 2.28. The molecule has 3 aromatic rings. The second kappa shape index (κ2) is 7.23. The van der Waals surface area contributed by atoms with Crippen molar-refractivity contribution < 1.29 is 19.2 Å². The lowest BCUT2D eigenvalue weighted by atomic mass is 10.2. The van der Waals surface area contributed by atoms with E-state index in [1.54, 1.807) is 10.7 Å². The van der Waals surface area contributed by atoms with Crippen LogP contribution in [0.1, 0.15) is 27.7 Å². The minimum absolute atomic E-state index is 0.0107. The molecule has 0 bridgehead atoms. The van der Waals surface area contributed by atoms with Crippen molar-refractivity contribution in [3.63, 3.8) is 0 Å². The van der Waals surface area contributed by atoms with Crippen molar-refractivity contribution >= 4 is 33.2 Å². The minimum atomic E-state index is -0.633. The van der Waals surface area contributed by atoms with E-state index >= 15 is 0 Å². The second-order valence-corrected chi connectivity index (χ2v) is 6.61. The standard InChI is InChI=1S/C17H15BrN4O5/c1-9-16(18)10(2)21(20-9)8-12-4-6-15(27-12)17(24)19-13-7-11(22(25)26)3-5-14(13)23/h3-7,23H,8H2,1-2H3,(H,19,24). The van der Waals surface area contributed by atoms with E-state index < -0.39 is 10.8 Å². The summed E-state index contributed by atoms with van der Waals surface area (Å²) in [6, 6.07) is 6.49. The molecule has 27 heavy (non-hydrogen) atoms. The quantitative estimate of drug-likeness (QED) is 0.357. The van der Waals surface area contributed by atoms with E-state index in [0.717, 1.165) is 34.1 Å². The normalized spacial score (nSPS) is 10.8. The van der Waals surface area contributed by atoms with Gasteiger partial charge in [0.25, 0.3) is 11.6 Å².